The number of carboxylic acid groups (broad SMARTS) is 2. The van der Waals surface area contributed by atoms with Crippen molar-refractivity contribution in [3.05, 3.63) is 0 Å². The second kappa shape index (κ2) is 11.6. The minimum atomic E-state index is -1.23. The molecule has 3 atom stereocenters. The van der Waals surface area contributed by atoms with Crippen molar-refractivity contribution in [2.45, 2.75) is 50.7 Å². The van der Waals surface area contributed by atoms with E-state index in [0.717, 1.165) is 0 Å². The van der Waals surface area contributed by atoms with Crippen molar-refractivity contribution in [2.24, 2.45) is 22.2 Å². The summed E-state index contributed by atoms with van der Waals surface area (Å²) in [6.45, 7) is 1.48. The fraction of sp³-hybridized carbons (Fsp3) is 0.643. The van der Waals surface area contributed by atoms with Crippen LogP contribution in [-0.2, 0) is 19.2 Å². The van der Waals surface area contributed by atoms with Gasteiger partial charge in [0.25, 0.3) is 0 Å². The molecule has 0 rings (SSSR count). The van der Waals surface area contributed by atoms with E-state index >= 15 is 0 Å². The van der Waals surface area contributed by atoms with Gasteiger partial charge >= 0.3 is 11.9 Å². The Morgan fingerprint density at radius 2 is 1.65 bits per heavy atom. The predicted molar refractivity (Wildman–Crippen MR) is 91.9 cm³/mol. The smallest absolute Gasteiger partial charge is 0.325 e. The number of aliphatic carboxylic acids is 2. The minimum absolute atomic E-state index is 0.102. The molecule has 0 fully saturated rings. The Bertz CT molecular complexity index is 548. The van der Waals surface area contributed by atoms with E-state index < -0.39 is 41.9 Å². The molecular weight excluding hydrogens is 348 g/mol. The summed E-state index contributed by atoms with van der Waals surface area (Å²) in [6, 6.07) is -3.33. The van der Waals surface area contributed by atoms with Crippen molar-refractivity contribution in [3.8, 4) is 0 Å². The second-order valence-electron chi connectivity index (χ2n) is 5.62. The highest BCUT2D eigenvalue weighted by Crippen LogP contribution is 2.02. The summed E-state index contributed by atoms with van der Waals surface area (Å²) in [7, 11) is 0. The van der Waals surface area contributed by atoms with Crippen molar-refractivity contribution < 1.29 is 29.4 Å². The molecule has 0 bridgehead atoms. The number of amides is 2. The monoisotopic (exact) mass is 374 g/mol. The number of aliphatic imine (C=N–C) groups is 1. The molecule has 0 saturated heterocycles. The average molecular weight is 374 g/mol. The third-order valence-corrected chi connectivity index (χ3v) is 3.31. The van der Waals surface area contributed by atoms with Crippen LogP contribution < -0.4 is 27.8 Å². The van der Waals surface area contributed by atoms with Gasteiger partial charge in [-0.2, -0.15) is 0 Å². The average Bonchev–Trinajstić information content (AvgIpc) is 2.54. The van der Waals surface area contributed by atoms with Gasteiger partial charge in [-0.1, -0.05) is 0 Å². The third kappa shape index (κ3) is 10.1. The lowest BCUT2D eigenvalue weighted by molar-refractivity contribution is -0.141. The Hall–Kier alpha value is -2.89. The normalized spacial score (nSPS) is 13.8. The molecule has 26 heavy (non-hydrogen) atoms. The Kier molecular flexibility index (Phi) is 10.3. The van der Waals surface area contributed by atoms with E-state index in [4.69, 9.17) is 27.4 Å². The molecule has 0 heterocycles. The van der Waals surface area contributed by atoms with Gasteiger partial charge in [-0.3, -0.25) is 24.2 Å². The molecule has 0 aliphatic rings. The standard InChI is InChI=1S/C14H26N6O6/c1-7(13(25)26)19-12(24)9(3-2-6-18-14(16)17)20-11(23)8(15)4-5-10(21)22/h7-9H,2-6,15H2,1H3,(H,19,24)(H,20,23)(H,21,22)(H,25,26)(H4,16,17,18). The number of nitrogens with one attached hydrogen (secondary N) is 2. The number of carboxylic acids is 2. The molecule has 0 aromatic rings. The van der Waals surface area contributed by atoms with Crippen LogP contribution in [0.5, 0.6) is 0 Å². The fourth-order valence-corrected chi connectivity index (χ4v) is 1.84. The summed E-state index contributed by atoms with van der Waals surface area (Å²) in [5.74, 6) is -3.87. The first-order valence-corrected chi connectivity index (χ1v) is 7.91. The molecule has 12 nitrogen and oxygen atoms in total. The summed E-state index contributed by atoms with van der Waals surface area (Å²) in [4.78, 5) is 49.4. The van der Waals surface area contributed by atoms with Crippen LogP contribution in [-0.4, -0.2) is 64.6 Å². The molecular formula is C14H26N6O6. The van der Waals surface area contributed by atoms with Gasteiger partial charge in [0, 0.05) is 13.0 Å². The van der Waals surface area contributed by atoms with Crippen LogP contribution in [0.2, 0.25) is 0 Å². The molecule has 0 radical (unpaired) electrons. The Morgan fingerprint density at radius 3 is 2.15 bits per heavy atom. The van der Waals surface area contributed by atoms with Crippen LogP contribution in [0.25, 0.3) is 0 Å². The summed E-state index contributed by atoms with van der Waals surface area (Å²) in [5, 5.41) is 22.1. The molecule has 0 aliphatic heterocycles. The number of guanidine groups is 1. The maximum Gasteiger partial charge on any atom is 0.325 e. The molecule has 2 amide bonds. The van der Waals surface area contributed by atoms with E-state index in [-0.39, 0.29) is 31.8 Å². The lowest BCUT2D eigenvalue weighted by Crippen LogP contribution is -2.54. The molecule has 148 valence electrons. The summed E-state index contributed by atoms with van der Waals surface area (Å²) in [5.41, 5.74) is 16.0. The zero-order valence-corrected chi connectivity index (χ0v) is 14.5. The quantitative estimate of drug-likeness (QED) is 0.107. The number of carbonyl (C=O) groups excluding carboxylic acids is 2. The first kappa shape index (κ1) is 23.1. The molecule has 0 spiro atoms. The van der Waals surface area contributed by atoms with Crippen LogP contribution in [0, 0.1) is 0 Å². The van der Waals surface area contributed by atoms with Gasteiger partial charge in [-0.25, -0.2) is 0 Å². The van der Waals surface area contributed by atoms with E-state index in [9.17, 15) is 19.2 Å². The molecule has 12 heteroatoms. The third-order valence-electron chi connectivity index (χ3n) is 3.31. The van der Waals surface area contributed by atoms with Crippen molar-refractivity contribution in [3.63, 3.8) is 0 Å². The predicted octanol–water partition coefficient (Wildman–Crippen LogP) is -2.69. The highest BCUT2D eigenvalue weighted by Gasteiger charge is 2.26. The van der Waals surface area contributed by atoms with Crippen LogP contribution in [0.3, 0.4) is 0 Å². The first-order valence-electron chi connectivity index (χ1n) is 7.91. The number of nitrogens with zero attached hydrogens (tertiary/aromatic N) is 1. The number of carbonyl (C=O) groups is 4. The Labute approximate surface area is 150 Å². The molecule has 0 aromatic carbocycles. The van der Waals surface area contributed by atoms with E-state index in [1.54, 1.807) is 0 Å². The lowest BCUT2D eigenvalue weighted by Gasteiger charge is -2.21. The zero-order valence-electron chi connectivity index (χ0n) is 14.5. The van der Waals surface area contributed by atoms with Crippen molar-refractivity contribution >= 4 is 29.7 Å². The molecule has 10 N–H and O–H groups in total. The summed E-state index contributed by atoms with van der Waals surface area (Å²) in [6.07, 6.45) is 0.0649. The number of rotatable bonds is 12. The van der Waals surface area contributed by atoms with Gasteiger partial charge in [0.2, 0.25) is 11.8 Å². The van der Waals surface area contributed by atoms with Gasteiger partial charge in [0.1, 0.15) is 12.1 Å². The van der Waals surface area contributed by atoms with Gasteiger partial charge in [-0.15, -0.1) is 0 Å². The van der Waals surface area contributed by atoms with E-state index in [2.05, 4.69) is 15.6 Å². The van der Waals surface area contributed by atoms with Crippen molar-refractivity contribution in [1.29, 1.82) is 0 Å². The molecule has 3 unspecified atom stereocenters. The van der Waals surface area contributed by atoms with E-state index in [0.29, 0.717) is 6.42 Å². The topological polar surface area (TPSA) is 223 Å². The van der Waals surface area contributed by atoms with Gasteiger partial charge in [0.15, 0.2) is 5.96 Å². The first-order chi connectivity index (χ1) is 12.0. The van der Waals surface area contributed by atoms with Crippen LogP contribution in [0.15, 0.2) is 4.99 Å². The number of nitrogens with two attached hydrogens (primary N) is 3. The minimum Gasteiger partial charge on any atom is -0.481 e. The SMILES string of the molecule is CC(NC(=O)C(CCCN=C(N)N)NC(=O)C(N)CCC(=O)O)C(=O)O. The Balaban J connectivity index is 4.86. The van der Waals surface area contributed by atoms with Gasteiger partial charge in [0.05, 0.1) is 6.04 Å². The highest BCUT2D eigenvalue weighted by atomic mass is 16.4. The largest absolute Gasteiger partial charge is 0.481 e. The van der Waals surface area contributed by atoms with E-state index in [1.165, 1.54) is 6.92 Å². The van der Waals surface area contributed by atoms with Crippen molar-refractivity contribution in [1.82, 2.24) is 10.6 Å². The van der Waals surface area contributed by atoms with Gasteiger partial charge < -0.3 is 38.0 Å². The summed E-state index contributed by atoms with van der Waals surface area (Å²) >= 11 is 0. The second-order valence-corrected chi connectivity index (χ2v) is 5.62. The van der Waals surface area contributed by atoms with E-state index in [1.807, 2.05) is 0 Å². The van der Waals surface area contributed by atoms with Crippen LogP contribution in [0.1, 0.15) is 32.6 Å². The number of hydrogen-bond acceptors (Lipinski definition) is 6. The molecule has 0 saturated carbocycles. The maximum absolute atomic E-state index is 12.2. The zero-order chi connectivity index (χ0) is 20.3. The highest BCUT2D eigenvalue weighted by molar-refractivity contribution is 5.91. The van der Waals surface area contributed by atoms with Gasteiger partial charge in [-0.05, 0) is 26.2 Å². The summed E-state index contributed by atoms with van der Waals surface area (Å²) < 4.78 is 0. The fourth-order valence-electron chi connectivity index (χ4n) is 1.84. The molecule has 0 aliphatic carbocycles. The lowest BCUT2D eigenvalue weighted by atomic mass is 10.1. The van der Waals surface area contributed by atoms with Crippen molar-refractivity contribution in [2.75, 3.05) is 6.54 Å². The molecule has 0 aromatic heterocycles. The van der Waals surface area contributed by atoms with Crippen LogP contribution >= 0.6 is 0 Å². The maximum atomic E-state index is 12.2. The number of hydrogen-bond donors (Lipinski definition) is 7. The Morgan fingerprint density at radius 1 is 1.04 bits per heavy atom. The van der Waals surface area contributed by atoms with Crippen LogP contribution in [0.4, 0.5) is 0 Å².